The van der Waals surface area contributed by atoms with Crippen LogP contribution in [0.1, 0.15) is 68.0 Å². The number of nitrogens with zero attached hydrogens (tertiary/aromatic N) is 3. The van der Waals surface area contributed by atoms with Crippen LogP contribution in [-0.2, 0) is 0 Å². The van der Waals surface area contributed by atoms with E-state index in [1.807, 2.05) is 7.05 Å². The van der Waals surface area contributed by atoms with Gasteiger partial charge in [0.05, 0.1) is 6.04 Å². The normalized spacial score (nSPS) is 29.5. The summed E-state index contributed by atoms with van der Waals surface area (Å²) in [5, 5.41) is 7.18. The number of hydrogen-bond acceptors (Lipinski definition) is 5. The Hall–Kier alpha value is -1.43. The minimum atomic E-state index is -0.123. The van der Waals surface area contributed by atoms with Crippen molar-refractivity contribution in [2.75, 3.05) is 13.6 Å². The molecule has 1 saturated carbocycles. The van der Waals surface area contributed by atoms with Gasteiger partial charge in [-0.25, -0.2) is 0 Å². The molecule has 0 bridgehead atoms. The monoisotopic (exact) mass is 292 g/mol. The van der Waals surface area contributed by atoms with Gasteiger partial charge in [0.15, 0.2) is 0 Å². The molecule has 0 radical (unpaired) electrons. The van der Waals surface area contributed by atoms with E-state index in [-0.39, 0.29) is 17.8 Å². The van der Waals surface area contributed by atoms with Crippen LogP contribution in [0.3, 0.4) is 0 Å². The first kappa shape index (κ1) is 14.5. The van der Waals surface area contributed by atoms with Crippen molar-refractivity contribution >= 4 is 5.91 Å². The third-order valence-electron chi connectivity index (χ3n) is 4.84. The molecule has 116 valence electrons. The fourth-order valence-electron chi connectivity index (χ4n) is 3.31. The second-order valence-electron chi connectivity index (χ2n) is 6.43. The molecular weight excluding hydrogens is 268 g/mol. The largest absolute Gasteiger partial charge is 0.337 e. The number of carbonyl (C=O) groups excluding carboxylic acids is 1. The summed E-state index contributed by atoms with van der Waals surface area (Å²) in [5.41, 5.74) is 0. The van der Waals surface area contributed by atoms with Crippen molar-refractivity contribution in [2.45, 2.75) is 57.5 Å². The molecule has 1 aromatic heterocycles. The Kier molecular flexibility index (Phi) is 4.24. The molecule has 1 aromatic rings. The SMILES string of the molecule is CC1CCC(N(C)C(=O)c2noc(C3CCCN3)n2)CC1. The Morgan fingerprint density at radius 1 is 1.29 bits per heavy atom. The van der Waals surface area contributed by atoms with Crippen molar-refractivity contribution in [1.82, 2.24) is 20.4 Å². The molecule has 1 atom stereocenters. The van der Waals surface area contributed by atoms with Crippen LogP contribution >= 0.6 is 0 Å². The molecule has 6 heteroatoms. The van der Waals surface area contributed by atoms with Gasteiger partial charge in [0.1, 0.15) is 0 Å². The van der Waals surface area contributed by atoms with E-state index in [0.717, 1.165) is 38.1 Å². The third-order valence-corrected chi connectivity index (χ3v) is 4.84. The predicted octanol–water partition coefficient (Wildman–Crippen LogP) is 2.14. The molecule has 1 aliphatic heterocycles. The van der Waals surface area contributed by atoms with Gasteiger partial charge in [-0.15, -0.1) is 0 Å². The summed E-state index contributed by atoms with van der Waals surface area (Å²) in [6.45, 7) is 3.24. The summed E-state index contributed by atoms with van der Waals surface area (Å²) in [5.74, 6) is 1.39. The number of rotatable bonds is 3. The lowest BCUT2D eigenvalue weighted by Crippen LogP contribution is -2.39. The number of amides is 1. The molecule has 6 nitrogen and oxygen atoms in total. The molecule has 0 spiro atoms. The second kappa shape index (κ2) is 6.13. The van der Waals surface area contributed by atoms with Crippen molar-refractivity contribution in [1.29, 1.82) is 0 Å². The van der Waals surface area contributed by atoms with Crippen LogP contribution in [0.4, 0.5) is 0 Å². The van der Waals surface area contributed by atoms with Crippen LogP contribution in [0.2, 0.25) is 0 Å². The van der Waals surface area contributed by atoms with E-state index in [0.29, 0.717) is 11.9 Å². The topological polar surface area (TPSA) is 71.3 Å². The van der Waals surface area contributed by atoms with Gasteiger partial charge in [0, 0.05) is 13.1 Å². The molecule has 2 heterocycles. The minimum absolute atomic E-state index is 0.111. The summed E-state index contributed by atoms with van der Waals surface area (Å²) < 4.78 is 5.25. The molecule has 1 N–H and O–H groups in total. The Morgan fingerprint density at radius 2 is 2.05 bits per heavy atom. The fourth-order valence-corrected chi connectivity index (χ4v) is 3.31. The van der Waals surface area contributed by atoms with E-state index < -0.39 is 0 Å². The van der Waals surface area contributed by atoms with Crippen molar-refractivity contribution in [2.24, 2.45) is 5.92 Å². The maximum atomic E-state index is 12.5. The lowest BCUT2D eigenvalue weighted by molar-refractivity contribution is 0.0664. The van der Waals surface area contributed by atoms with Crippen LogP contribution in [0, 0.1) is 5.92 Å². The summed E-state index contributed by atoms with van der Waals surface area (Å²) in [6.07, 6.45) is 6.61. The highest BCUT2D eigenvalue weighted by Gasteiger charge is 2.29. The second-order valence-corrected chi connectivity index (χ2v) is 6.43. The highest BCUT2D eigenvalue weighted by atomic mass is 16.5. The molecule has 0 aromatic carbocycles. The van der Waals surface area contributed by atoms with Crippen molar-refractivity contribution < 1.29 is 9.32 Å². The zero-order valence-corrected chi connectivity index (χ0v) is 12.8. The van der Waals surface area contributed by atoms with Gasteiger partial charge in [-0.1, -0.05) is 12.1 Å². The molecule has 2 fully saturated rings. The quantitative estimate of drug-likeness (QED) is 0.924. The number of hydrogen-bond donors (Lipinski definition) is 1. The zero-order valence-electron chi connectivity index (χ0n) is 12.8. The first-order chi connectivity index (χ1) is 10.1. The van der Waals surface area contributed by atoms with Gasteiger partial charge < -0.3 is 14.7 Å². The summed E-state index contributed by atoms with van der Waals surface area (Å²) in [4.78, 5) is 18.6. The fraction of sp³-hybridized carbons (Fsp3) is 0.800. The summed E-state index contributed by atoms with van der Waals surface area (Å²) in [6, 6.07) is 0.417. The Labute approximate surface area is 125 Å². The van der Waals surface area contributed by atoms with Crippen molar-refractivity contribution in [3.05, 3.63) is 11.7 Å². The lowest BCUT2D eigenvalue weighted by Gasteiger charge is -2.32. The predicted molar refractivity (Wildman–Crippen MR) is 77.8 cm³/mol. The van der Waals surface area contributed by atoms with Crippen molar-refractivity contribution in [3.63, 3.8) is 0 Å². The standard InChI is InChI=1S/C15H24N4O2/c1-10-5-7-11(8-6-10)19(2)15(20)13-17-14(21-18-13)12-4-3-9-16-12/h10-12,16H,3-9H2,1-2H3. The smallest absolute Gasteiger partial charge is 0.295 e. The van der Waals surface area contributed by atoms with Crippen LogP contribution in [0.5, 0.6) is 0 Å². The first-order valence-corrected chi connectivity index (χ1v) is 7.99. The number of nitrogens with one attached hydrogen (secondary N) is 1. The van der Waals surface area contributed by atoms with Gasteiger partial charge in [-0.05, 0) is 51.0 Å². The maximum absolute atomic E-state index is 12.5. The van der Waals surface area contributed by atoms with E-state index in [1.165, 1.54) is 12.8 Å². The Morgan fingerprint density at radius 3 is 2.71 bits per heavy atom. The van der Waals surface area contributed by atoms with E-state index in [1.54, 1.807) is 4.90 Å². The van der Waals surface area contributed by atoms with Crippen LogP contribution in [0.25, 0.3) is 0 Å². The van der Waals surface area contributed by atoms with Crippen molar-refractivity contribution in [3.8, 4) is 0 Å². The summed E-state index contributed by atoms with van der Waals surface area (Å²) in [7, 11) is 1.85. The van der Waals surface area contributed by atoms with Gasteiger partial charge in [-0.3, -0.25) is 4.79 Å². The van der Waals surface area contributed by atoms with Crippen LogP contribution in [-0.4, -0.2) is 40.6 Å². The maximum Gasteiger partial charge on any atom is 0.295 e. The average Bonchev–Trinajstić information content (AvgIpc) is 3.17. The number of aromatic nitrogens is 2. The average molecular weight is 292 g/mol. The highest BCUT2D eigenvalue weighted by Crippen LogP contribution is 2.27. The molecule has 2 aliphatic rings. The van der Waals surface area contributed by atoms with Gasteiger partial charge in [-0.2, -0.15) is 4.98 Å². The molecule has 1 aliphatic carbocycles. The van der Waals surface area contributed by atoms with E-state index in [9.17, 15) is 4.79 Å². The van der Waals surface area contributed by atoms with Gasteiger partial charge >= 0.3 is 0 Å². The van der Waals surface area contributed by atoms with Gasteiger partial charge in [0.2, 0.25) is 5.89 Å². The molecular formula is C15H24N4O2. The zero-order chi connectivity index (χ0) is 14.8. The molecule has 1 saturated heterocycles. The molecule has 1 unspecified atom stereocenters. The molecule has 21 heavy (non-hydrogen) atoms. The number of carbonyl (C=O) groups is 1. The molecule has 3 rings (SSSR count). The molecule has 1 amide bonds. The first-order valence-electron chi connectivity index (χ1n) is 7.99. The minimum Gasteiger partial charge on any atom is -0.337 e. The van der Waals surface area contributed by atoms with E-state index in [4.69, 9.17) is 4.52 Å². The van der Waals surface area contributed by atoms with Crippen LogP contribution in [0.15, 0.2) is 4.52 Å². The van der Waals surface area contributed by atoms with E-state index in [2.05, 4.69) is 22.4 Å². The third kappa shape index (κ3) is 3.10. The van der Waals surface area contributed by atoms with E-state index >= 15 is 0 Å². The van der Waals surface area contributed by atoms with Crippen LogP contribution < -0.4 is 5.32 Å². The summed E-state index contributed by atoms with van der Waals surface area (Å²) >= 11 is 0. The Balaban J connectivity index is 1.64. The lowest BCUT2D eigenvalue weighted by atomic mass is 9.87. The van der Waals surface area contributed by atoms with Gasteiger partial charge in [0.25, 0.3) is 11.7 Å². The highest BCUT2D eigenvalue weighted by molar-refractivity contribution is 5.90. The Bertz CT molecular complexity index is 488.